The third-order valence-corrected chi connectivity index (χ3v) is 3.32. The topological polar surface area (TPSA) is 41.1 Å². The standard InChI is InChI=1S/C16H16ClFN2O/c1-11(12-2-6-14(18)7-3-12)19-10-16(21)20-15-8-4-13(17)5-9-15/h2-9,11,19H,10H2,1H3,(H,20,21)/t11-/m0/s1. The highest BCUT2D eigenvalue weighted by Gasteiger charge is 2.08. The van der Waals surface area contributed by atoms with Crippen molar-refractivity contribution in [3.8, 4) is 0 Å². The fraction of sp³-hybridized carbons (Fsp3) is 0.188. The Morgan fingerprint density at radius 2 is 1.76 bits per heavy atom. The average molecular weight is 307 g/mol. The minimum Gasteiger partial charge on any atom is -0.325 e. The third-order valence-electron chi connectivity index (χ3n) is 3.07. The molecular weight excluding hydrogens is 291 g/mol. The molecule has 0 radical (unpaired) electrons. The number of amides is 1. The molecule has 2 rings (SSSR count). The maximum absolute atomic E-state index is 12.8. The summed E-state index contributed by atoms with van der Waals surface area (Å²) in [6.07, 6.45) is 0. The average Bonchev–Trinajstić information content (AvgIpc) is 2.48. The summed E-state index contributed by atoms with van der Waals surface area (Å²) in [5.74, 6) is -0.419. The van der Waals surface area contributed by atoms with E-state index >= 15 is 0 Å². The second kappa shape index (κ2) is 7.20. The first kappa shape index (κ1) is 15.5. The lowest BCUT2D eigenvalue weighted by molar-refractivity contribution is -0.115. The van der Waals surface area contributed by atoms with Crippen LogP contribution in [-0.2, 0) is 4.79 Å². The van der Waals surface area contributed by atoms with Gasteiger partial charge in [-0.1, -0.05) is 23.7 Å². The predicted molar refractivity (Wildman–Crippen MR) is 82.9 cm³/mol. The summed E-state index contributed by atoms with van der Waals surface area (Å²) in [6, 6.07) is 13.1. The summed E-state index contributed by atoms with van der Waals surface area (Å²) in [4.78, 5) is 11.8. The molecule has 1 amide bonds. The third kappa shape index (κ3) is 4.85. The van der Waals surface area contributed by atoms with Gasteiger partial charge in [0.05, 0.1) is 6.54 Å². The molecule has 2 aromatic rings. The Kier molecular flexibility index (Phi) is 5.31. The Balaban J connectivity index is 1.83. The van der Waals surface area contributed by atoms with Gasteiger partial charge in [-0.3, -0.25) is 4.79 Å². The molecule has 0 aliphatic heterocycles. The van der Waals surface area contributed by atoms with E-state index in [2.05, 4.69) is 10.6 Å². The Hall–Kier alpha value is -1.91. The Labute approximate surface area is 128 Å². The molecule has 0 aromatic heterocycles. The highest BCUT2D eigenvalue weighted by molar-refractivity contribution is 6.30. The number of nitrogens with one attached hydrogen (secondary N) is 2. The van der Waals surface area contributed by atoms with Crippen LogP contribution in [0.5, 0.6) is 0 Å². The molecular formula is C16H16ClFN2O. The van der Waals surface area contributed by atoms with E-state index < -0.39 is 0 Å². The lowest BCUT2D eigenvalue weighted by Gasteiger charge is -2.14. The zero-order chi connectivity index (χ0) is 15.2. The summed E-state index contributed by atoms with van der Waals surface area (Å²) < 4.78 is 12.8. The Bertz CT molecular complexity index is 599. The first-order chi connectivity index (χ1) is 10.0. The van der Waals surface area contributed by atoms with Crippen LogP contribution in [0.15, 0.2) is 48.5 Å². The molecule has 1 atom stereocenters. The summed E-state index contributed by atoms with van der Waals surface area (Å²) in [7, 11) is 0. The maximum Gasteiger partial charge on any atom is 0.238 e. The van der Waals surface area contributed by atoms with Gasteiger partial charge in [0.15, 0.2) is 0 Å². The van der Waals surface area contributed by atoms with Crippen molar-refractivity contribution >= 4 is 23.2 Å². The fourth-order valence-electron chi connectivity index (χ4n) is 1.85. The molecule has 0 fully saturated rings. The van der Waals surface area contributed by atoms with Crippen molar-refractivity contribution in [2.75, 3.05) is 11.9 Å². The van der Waals surface area contributed by atoms with E-state index in [0.717, 1.165) is 5.56 Å². The van der Waals surface area contributed by atoms with Gasteiger partial charge in [-0.25, -0.2) is 4.39 Å². The molecule has 0 saturated carbocycles. The molecule has 2 N–H and O–H groups in total. The van der Waals surface area contributed by atoms with Crippen LogP contribution in [-0.4, -0.2) is 12.5 Å². The van der Waals surface area contributed by atoms with E-state index in [9.17, 15) is 9.18 Å². The molecule has 3 nitrogen and oxygen atoms in total. The molecule has 5 heteroatoms. The molecule has 0 bridgehead atoms. The van der Waals surface area contributed by atoms with Crippen LogP contribution in [0.4, 0.5) is 10.1 Å². The number of carbonyl (C=O) groups excluding carboxylic acids is 1. The van der Waals surface area contributed by atoms with Crippen molar-refractivity contribution < 1.29 is 9.18 Å². The van der Waals surface area contributed by atoms with Crippen LogP contribution in [0.2, 0.25) is 5.02 Å². The highest BCUT2D eigenvalue weighted by atomic mass is 35.5. The maximum atomic E-state index is 12.8. The lowest BCUT2D eigenvalue weighted by Crippen LogP contribution is -2.30. The minimum absolute atomic E-state index is 0.0402. The van der Waals surface area contributed by atoms with Gasteiger partial charge in [0.25, 0.3) is 0 Å². The van der Waals surface area contributed by atoms with Crippen LogP contribution >= 0.6 is 11.6 Å². The van der Waals surface area contributed by atoms with E-state index in [0.29, 0.717) is 10.7 Å². The van der Waals surface area contributed by atoms with Crippen LogP contribution < -0.4 is 10.6 Å². The van der Waals surface area contributed by atoms with Crippen molar-refractivity contribution in [2.24, 2.45) is 0 Å². The van der Waals surface area contributed by atoms with Gasteiger partial charge in [-0.05, 0) is 48.9 Å². The van der Waals surface area contributed by atoms with Crippen LogP contribution in [0.1, 0.15) is 18.5 Å². The molecule has 0 unspecified atom stereocenters. The molecule has 0 heterocycles. The van der Waals surface area contributed by atoms with E-state index in [1.54, 1.807) is 36.4 Å². The molecule has 2 aromatic carbocycles. The van der Waals surface area contributed by atoms with Gasteiger partial charge in [-0.15, -0.1) is 0 Å². The van der Waals surface area contributed by atoms with E-state index in [1.807, 2.05) is 6.92 Å². The number of anilines is 1. The van der Waals surface area contributed by atoms with Crippen molar-refractivity contribution in [1.29, 1.82) is 0 Å². The first-order valence-corrected chi connectivity index (χ1v) is 6.96. The van der Waals surface area contributed by atoms with E-state index in [1.165, 1.54) is 12.1 Å². The SMILES string of the molecule is C[C@H](NCC(=O)Nc1ccc(Cl)cc1)c1ccc(F)cc1. The Morgan fingerprint density at radius 3 is 2.38 bits per heavy atom. The van der Waals surface area contributed by atoms with Crippen LogP contribution in [0.25, 0.3) is 0 Å². The van der Waals surface area contributed by atoms with Gasteiger partial charge in [0, 0.05) is 16.8 Å². The monoisotopic (exact) mass is 306 g/mol. The number of carbonyl (C=O) groups is 1. The summed E-state index contributed by atoms with van der Waals surface area (Å²) >= 11 is 5.78. The molecule has 0 spiro atoms. The van der Waals surface area contributed by atoms with Crippen molar-refractivity contribution in [3.63, 3.8) is 0 Å². The zero-order valence-electron chi connectivity index (χ0n) is 11.6. The number of halogens is 2. The van der Waals surface area contributed by atoms with E-state index in [4.69, 9.17) is 11.6 Å². The number of hydrogen-bond donors (Lipinski definition) is 2. The van der Waals surface area contributed by atoms with Gasteiger partial charge in [-0.2, -0.15) is 0 Å². The summed E-state index contributed by atoms with van der Waals surface area (Å²) in [5.41, 5.74) is 1.62. The fourth-order valence-corrected chi connectivity index (χ4v) is 1.98. The normalized spacial score (nSPS) is 12.0. The minimum atomic E-state index is -0.272. The van der Waals surface area contributed by atoms with Gasteiger partial charge >= 0.3 is 0 Å². The second-order valence-corrected chi connectivity index (χ2v) is 5.15. The quantitative estimate of drug-likeness (QED) is 0.883. The second-order valence-electron chi connectivity index (χ2n) is 4.71. The highest BCUT2D eigenvalue weighted by Crippen LogP contribution is 2.14. The largest absolute Gasteiger partial charge is 0.325 e. The van der Waals surface area contributed by atoms with E-state index in [-0.39, 0.29) is 24.3 Å². The molecule has 110 valence electrons. The summed E-state index contributed by atoms with van der Waals surface area (Å²) in [5, 5.41) is 6.48. The molecule has 0 saturated heterocycles. The summed E-state index contributed by atoms with van der Waals surface area (Å²) in [6.45, 7) is 2.09. The van der Waals surface area contributed by atoms with Crippen molar-refractivity contribution in [2.45, 2.75) is 13.0 Å². The van der Waals surface area contributed by atoms with Crippen LogP contribution in [0, 0.1) is 5.82 Å². The van der Waals surface area contributed by atoms with Gasteiger partial charge in [0.2, 0.25) is 5.91 Å². The van der Waals surface area contributed by atoms with Gasteiger partial charge < -0.3 is 10.6 Å². The smallest absolute Gasteiger partial charge is 0.238 e. The van der Waals surface area contributed by atoms with Gasteiger partial charge in [0.1, 0.15) is 5.82 Å². The lowest BCUT2D eigenvalue weighted by atomic mass is 10.1. The first-order valence-electron chi connectivity index (χ1n) is 6.59. The number of rotatable bonds is 5. The molecule has 0 aliphatic rings. The van der Waals surface area contributed by atoms with Crippen molar-refractivity contribution in [1.82, 2.24) is 5.32 Å². The zero-order valence-corrected chi connectivity index (χ0v) is 12.3. The molecule has 21 heavy (non-hydrogen) atoms. The number of hydrogen-bond acceptors (Lipinski definition) is 2. The predicted octanol–water partition coefficient (Wildman–Crippen LogP) is 3.77. The number of benzene rings is 2. The van der Waals surface area contributed by atoms with Crippen LogP contribution in [0.3, 0.4) is 0 Å². The molecule has 0 aliphatic carbocycles. The van der Waals surface area contributed by atoms with Crippen molar-refractivity contribution in [3.05, 3.63) is 64.9 Å². The Morgan fingerprint density at radius 1 is 1.14 bits per heavy atom.